The van der Waals surface area contributed by atoms with Gasteiger partial charge in [0.25, 0.3) is 0 Å². The largest absolute Gasteiger partial charge is 0.389 e. The number of carbonyl (C=O) groups is 2. The van der Waals surface area contributed by atoms with Crippen molar-refractivity contribution in [2.24, 2.45) is 11.8 Å². The molecule has 218 valence electrons. The van der Waals surface area contributed by atoms with E-state index in [0.29, 0.717) is 17.4 Å². The molecule has 0 amide bonds. The van der Waals surface area contributed by atoms with Crippen molar-refractivity contribution < 1.29 is 14.3 Å². The molecule has 46 heavy (non-hydrogen) atoms. The molecule has 1 saturated heterocycles. The van der Waals surface area contributed by atoms with Gasteiger partial charge in [-0.2, -0.15) is 0 Å². The Balaban J connectivity index is 0.000000124. The lowest BCUT2D eigenvalue weighted by atomic mass is 9.65. The second-order valence-electron chi connectivity index (χ2n) is 13.0. The summed E-state index contributed by atoms with van der Waals surface area (Å²) in [6.45, 7) is 2.13. The second-order valence-corrected chi connectivity index (χ2v) is 13.0. The molecule has 5 aromatic carbocycles. The third kappa shape index (κ3) is 3.32. The van der Waals surface area contributed by atoms with Gasteiger partial charge in [0.15, 0.2) is 0 Å². The SMILES string of the molecule is C1=CC2=CC=CC3c4cccc5cccc(c45)C(=C1)C23.Cc1ccc2c3c4c(c5cccc1c25)=CC=C1C(=O)OC(=O)C(C=C3)C14. The molecule has 1 heterocycles. The van der Waals surface area contributed by atoms with E-state index in [2.05, 4.69) is 110 Å². The molecule has 3 heteroatoms. The van der Waals surface area contributed by atoms with Crippen LogP contribution < -0.4 is 5.22 Å². The molecule has 4 atom stereocenters. The maximum Gasteiger partial charge on any atom is 0.342 e. The molecule has 1 fully saturated rings. The van der Waals surface area contributed by atoms with E-state index < -0.39 is 17.9 Å². The Bertz CT molecular complexity index is 2510. The molecule has 5 aliphatic carbocycles. The minimum Gasteiger partial charge on any atom is -0.389 e. The predicted molar refractivity (Wildman–Crippen MR) is 185 cm³/mol. The summed E-state index contributed by atoms with van der Waals surface area (Å²) in [7, 11) is 0. The monoisotopic (exact) mass is 592 g/mol. The summed E-state index contributed by atoms with van der Waals surface area (Å²) in [6, 6.07) is 24.1. The van der Waals surface area contributed by atoms with E-state index >= 15 is 0 Å². The number of cyclic esters (lactones) is 2. The highest BCUT2D eigenvalue weighted by atomic mass is 16.6. The molecular weight excluding hydrogens is 564 g/mol. The first-order valence-electron chi connectivity index (χ1n) is 16.0. The van der Waals surface area contributed by atoms with Gasteiger partial charge < -0.3 is 4.74 Å². The van der Waals surface area contributed by atoms with E-state index in [0.717, 1.165) is 16.3 Å². The van der Waals surface area contributed by atoms with Crippen molar-refractivity contribution in [3.05, 3.63) is 160 Å². The van der Waals surface area contributed by atoms with Crippen LogP contribution in [-0.2, 0) is 14.3 Å². The van der Waals surface area contributed by atoms with Gasteiger partial charge in [0.2, 0.25) is 0 Å². The first-order valence-corrected chi connectivity index (χ1v) is 16.0. The van der Waals surface area contributed by atoms with E-state index in [1.807, 2.05) is 24.3 Å². The number of carbonyl (C=O) groups excluding carboxylic acids is 2. The Labute approximate surface area is 265 Å². The Hall–Kier alpha value is -5.54. The van der Waals surface area contributed by atoms with Crippen LogP contribution in [0.4, 0.5) is 0 Å². The van der Waals surface area contributed by atoms with Crippen LogP contribution in [0.1, 0.15) is 39.7 Å². The smallest absolute Gasteiger partial charge is 0.342 e. The summed E-state index contributed by atoms with van der Waals surface area (Å²) < 4.78 is 4.96. The van der Waals surface area contributed by atoms with Crippen molar-refractivity contribution in [2.75, 3.05) is 0 Å². The maximum atomic E-state index is 12.3. The maximum absolute atomic E-state index is 12.3. The van der Waals surface area contributed by atoms with Gasteiger partial charge in [-0.25, -0.2) is 4.79 Å². The molecule has 1 aliphatic heterocycles. The van der Waals surface area contributed by atoms with E-state index in [1.165, 1.54) is 60.2 Å². The number of benzene rings is 5. The average Bonchev–Trinajstić information content (AvgIpc) is 3.09. The molecule has 11 rings (SSSR count). The standard InChI is InChI=1S/C23H14O3.C20H14/c1-11-5-6-14-16-8-10-18-21-17(22(24)26-23(18)25)9-7-15(20(16)21)13-4-2-3-12(11)19(13)14;1-5-13-6-2-11-17-18-12-4-8-14-7-3-10-16(20(14)18)15(9-1)19(13)17/h2-10,18,21H,1H3;1-12,15,19H. The highest BCUT2D eigenvalue weighted by Crippen LogP contribution is 2.52. The van der Waals surface area contributed by atoms with Gasteiger partial charge in [-0.15, -0.1) is 0 Å². The Morgan fingerprint density at radius 3 is 2.41 bits per heavy atom. The van der Waals surface area contributed by atoms with Crippen LogP contribution in [0.2, 0.25) is 0 Å². The number of esters is 2. The molecule has 5 aromatic rings. The fourth-order valence-corrected chi connectivity index (χ4v) is 8.91. The number of allylic oxidation sites excluding steroid dienone is 9. The van der Waals surface area contributed by atoms with Gasteiger partial charge in [0.1, 0.15) is 0 Å². The molecule has 0 aromatic heterocycles. The fraction of sp³-hybridized carbons (Fsp3) is 0.116. The van der Waals surface area contributed by atoms with Crippen molar-refractivity contribution in [2.45, 2.75) is 18.8 Å². The van der Waals surface area contributed by atoms with Crippen LogP contribution in [0, 0.1) is 18.8 Å². The third-order valence-corrected chi connectivity index (χ3v) is 10.9. The van der Waals surface area contributed by atoms with Gasteiger partial charge in [0.05, 0.1) is 5.92 Å². The first-order chi connectivity index (χ1) is 22.6. The highest BCUT2D eigenvalue weighted by Gasteiger charge is 2.45. The van der Waals surface area contributed by atoms with Crippen molar-refractivity contribution >= 4 is 62.0 Å². The van der Waals surface area contributed by atoms with E-state index in [9.17, 15) is 9.59 Å². The van der Waals surface area contributed by atoms with Gasteiger partial charge in [-0.1, -0.05) is 127 Å². The summed E-state index contributed by atoms with van der Waals surface area (Å²) in [5.41, 5.74) is 9.87. The van der Waals surface area contributed by atoms with Gasteiger partial charge >= 0.3 is 11.9 Å². The summed E-state index contributed by atoms with van der Waals surface area (Å²) in [6.07, 6.45) is 21.4. The van der Waals surface area contributed by atoms with Crippen molar-refractivity contribution in [3.63, 3.8) is 0 Å². The number of fused-ring (bicyclic) bond motifs is 4. The number of aryl methyl sites for hydroxylation is 1. The van der Waals surface area contributed by atoms with Gasteiger partial charge in [0, 0.05) is 23.3 Å². The molecule has 0 spiro atoms. The Morgan fingerprint density at radius 2 is 1.50 bits per heavy atom. The van der Waals surface area contributed by atoms with E-state index in [4.69, 9.17) is 4.74 Å². The van der Waals surface area contributed by atoms with Crippen LogP contribution in [0.15, 0.2) is 126 Å². The Morgan fingerprint density at radius 1 is 0.652 bits per heavy atom. The predicted octanol–water partition coefficient (Wildman–Crippen LogP) is 8.55. The quantitative estimate of drug-likeness (QED) is 0.134. The molecular formula is C43H28O3. The molecule has 0 bridgehead atoms. The topological polar surface area (TPSA) is 43.4 Å². The van der Waals surface area contributed by atoms with Gasteiger partial charge in [-0.05, 0) is 83.4 Å². The summed E-state index contributed by atoms with van der Waals surface area (Å²) >= 11 is 0. The van der Waals surface area contributed by atoms with Crippen LogP contribution in [0.25, 0.3) is 50.0 Å². The van der Waals surface area contributed by atoms with Crippen LogP contribution in [0.5, 0.6) is 0 Å². The molecule has 0 saturated carbocycles. The van der Waals surface area contributed by atoms with E-state index in [1.54, 1.807) is 0 Å². The number of ether oxygens (including phenoxy) is 1. The normalized spacial score (nSPS) is 23.9. The molecule has 0 radical (unpaired) electrons. The average molecular weight is 593 g/mol. The third-order valence-electron chi connectivity index (χ3n) is 10.9. The number of rotatable bonds is 0. The summed E-state index contributed by atoms with van der Waals surface area (Å²) in [5.74, 6) is -0.632. The minimum absolute atomic E-state index is 0.242. The van der Waals surface area contributed by atoms with Gasteiger partial charge in [-0.3, -0.25) is 4.79 Å². The first kappa shape index (κ1) is 25.8. The summed E-state index contributed by atoms with van der Waals surface area (Å²) in [5, 5.41) is 8.78. The van der Waals surface area contributed by atoms with Crippen molar-refractivity contribution in [1.82, 2.24) is 0 Å². The molecule has 3 nitrogen and oxygen atoms in total. The fourth-order valence-electron chi connectivity index (χ4n) is 8.91. The molecule has 0 N–H and O–H groups in total. The lowest BCUT2D eigenvalue weighted by Gasteiger charge is -2.38. The lowest BCUT2D eigenvalue weighted by molar-refractivity contribution is -0.162. The highest BCUT2D eigenvalue weighted by molar-refractivity contribution is 6.16. The lowest BCUT2D eigenvalue weighted by Crippen LogP contribution is -2.40. The zero-order chi connectivity index (χ0) is 30.7. The molecule has 4 unspecified atom stereocenters. The van der Waals surface area contributed by atoms with Crippen molar-refractivity contribution in [3.8, 4) is 0 Å². The summed E-state index contributed by atoms with van der Waals surface area (Å²) in [4.78, 5) is 24.6. The number of hydrogen-bond donors (Lipinski definition) is 0. The van der Waals surface area contributed by atoms with Crippen LogP contribution >= 0.6 is 0 Å². The van der Waals surface area contributed by atoms with Crippen molar-refractivity contribution in [1.29, 1.82) is 0 Å². The number of hydrogen-bond acceptors (Lipinski definition) is 3. The van der Waals surface area contributed by atoms with Crippen LogP contribution in [0.3, 0.4) is 0 Å². The minimum atomic E-state index is -0.512. The van der Waals surface area contributed by atoms with E-state index in [-0.39, 0.29) is 5.92 Å². The zero-order valence-corrected chi connectivity index (χ0v) is 25.2. The zero-order valence-electron chi connectivity index (χ0n) is 25.2. The second kappa shape index (κ2) is 9.24. The Kier molecular flexibility index (Phi) is 5.18. The molecule has 6 aliphatic rings. The van der Waals surface area contributed by atoms with Crippen LogP contribution in [-0.4, -0.2) is 11.9 Å².